The smallest absolute Gasteiger partial charge is 0.333 e. The first-order valence-corrected chi connectivity index (χ1v) is 14.8. The Morgan fingerprint density at radius 1 is 0.609 bits per heavy atom. The molecular formula is C39H31N3O4. The number of esters is 1. The molecule has 46 heavy (non-hydrogen) atoms. The molecule has 0 aliphatic carbocycles. The number of carbonyl (C=O) groups is 1. The maximum atomic E-state index is 11.6. The number of carbonyl (C=O) groups excluding carboxylic acids is 1. The highest BCUT2D eigenvalue weighted by molar-refractivity contribution is 5.86. The summed E-state index contributed by atoms with van der Waals surface area (Å²) in [6, 6.07) is 41.3. The molecule has 0 saturated heterocycles. The van der Waals surface area contributed by atoms with Crippen molar-refractivity contribution in [3.05, 3.63) is 140 Å². The number of aromatic hydroxyl groups is 1. The predicted molar refractivity (Wildman–Crippen MR) is 180 cm³/mol. The lowest BCUT2D eigenvalue weighted by Crippen LogP contribution is -2.12. The largest absolute Gasteiger partial charge is 0.507 e. The summed E-state index contributed by atoms with van der Waals surface area (Å²) in [4.78, 5) is 26.0. The lowest BCUT2D eigenvalue weighted by molar-refractivity contribution is -0.139. The lowest BCUT2D eigenvalue weighted by Gasteiger charge is -2.12. The molecule has 1 N–H and O–H groups in total. The van der Waals surface area contributed by atoms with Crippen LogP contribution in [0.4, 0.5) is 0 Å². The van der Waals surface area contributed by atoms with E-state index in [2.05, 4.69) is 30.8 Å². The van der Waals surface area contributed by atoms with Crippen molar-refractivity contribution in [3.63, 3.8) is 0 Å². The van der Waals surface area contributed by atoms with E-state index >= 15 is 0 Å². The third-order valence-corrected chi connectivity index (χ3v) is 7.28. The van der Waals surface area contributed by atoms with Gasteiger partial charge in [-0.3, -0.25) is 0 Å². The first kappa shape index (κ1) is 30.0. The molecule has 0 unspecified atom stereocenters. The first-order valence-electron chi connectivity index (χ1n) is 14.8. The average Bonchev–Trinajstić information content (AvgIpc) is 3.11. The van der Waals surface area contributed by atoms with Crippen molar-refractivity contribution in [2.24, 2.45) is 0 Å². The van der Waals surface area contributed by atoms with E-state index in [4.69, 9.17) is 24.4 Å². The molecular weight excluding hydrogens is 574 g/mol. The lowest BCUT2D eigenvalue weighted by atomic mass is 10.0. The summed E-state index contributed by atoms with van der Waals surface area (Å²) >= 11 is 0. The topological polar surface area (TPSA) is 94.4 Å². The minimum Gasteiger partial charge on any atom is -0.507 e. The highest BCUT2D eigenvalue weighted by Gasteiger charge is 2.16. The number of phenols is 1. The summed E-state index contributed by atoms with van der Waals surface area (Å²) in [5, 5.41) is 11.0. The predicted octanol–water partition coefficient (Wildman–Crippen LogP) is 8.41. The zero-order valence-corrected chi connectivity index (χ0v) is 25.3. The molecule has 226 valence electrons. The van der Waals surface area contributed by atoms with Crippen LogP contribution in [-0.2, 0) is 9.53 Å². The molecule has 0 aliphatic rings. The van der Waals surface area contributed by atoms with Gasteiger partial charge in [0, 0.05) is 22.8 Å². The molecule has 7 nitrogen and oxygen atoms in total. The van der Waals surface area contributed by atoms with Gasteiger partial charge in [0.1, 0.15) is 24.7 Å². The molecule has 5 aromatic carbocycles. The van der Waals surface area contributed by atoms with Gasteiger partial charge in [-0.25, -0.2) is 19.7 Å². The fourth-order valence-corrected chi connectivity index (χ4v) is 4.85. The second-order valence-electron chi connectivity index (χ2n) is 10.6. The van der Waals surface area contributed by atoms with Gasteiger partial charge in [0.2, 0.25) is 0 Å². The van der Waals surface area contributed by atoms with Crippen LogP contribution in [0.3, 0.4) is 0 Å². The standard InChI is InChI=1S/C39H31N3O4/c1-26(2)39(44)46-24-23-45-33-21-22-34(35(43)25-33)38-41-36(31-17-13-29(14-18-31)27-9-5-3-6-10-27)40-37(42-38)32-19-15-30(16-20-32)28-11-7-4-8-12-28/h3-22,25,43H,1,23-24H2,2H3. The zero-order valence-electron chi connectivity index (χ0n) is 25.3. The highest BCUT2D eigenvalue weighted by Crippen LogP contribution is 2.33. The Labute approximate surface area is 267 Å². The number of ether oxygens (including phenoxy) is 2. The summed E-state index contributed by atoms with van der Waals surface area (Å²) in [5.41, 5.74) is 6.76. The molecule has 1 heterocycles. The number of benzene rings is 5. The van der Waals surface area contributed by atoms with Gasteiger partial charge in [0.25, 0.3) is 0 Å². The Morgan fingerprint density at radius 3 is 1.54 bits per heavy atom. The number of hydrogen-bond donors (Lipinski definition) is 1. The SMILES string of the molecule is C=C(C)C(=O)OCCOc1ccc(-c2nc(-c3ccc(-c4ccccc4)cc3)nc(-c3ccc(-c4ccccc4)cc3)n2)c(O)c1. The molecule has 0 aliphatic heterocycles. The van der Waals surface area contributed by atoms with Crippen molar-refractivity contribution < 1.29 is 19.4 Å². The summed E-state index contributed by atoms with van der Waals surface area (Å²) in [5.74, 6) is 1.15. The minimum atomic E-state index is -0.479. The summed E-state index contributed by atoms with van der Waals surface area (Å²) < 4.78 is 10.7. The van der Waals surface area contributed by atoms with Crippen LogP contribution in [-0.4, -0.2) is 39.2 Å². The van der Waals surface area contributed by atoms with Crippen molar-refractivity contribution in [2.45, 2.75) is 6.92 Å². The summed E-state index contributed by atoms with van der Waals surface area (Å²) in [6.45, 7) is 5.32. The van der Waals surface area contributed by atoms with Gasteiger partial charge >= 0.3 is 5.97 Å². The summed E-state index contributed by atoms with van der Waals surface area (Å²) in [7, 11) is 0. The highest BCUT2D eigenvalue weighted by atomic mass is 16.6. The zero-order chi connectivity index (χ0) is 31.9. The molecule has 0 fully saturated rings. The molecule has 0 amide bonds. The van der Waals surface area contributed by atoms with Crippen LogP contribution in [0.2, 0.25) is 0 Å². The molecule has 1 aromatic heterocycles. The number of rotatable bonds is 10. The van der Waals surface area contributed by atoms with Crippen LogP contribution in [0.25, 0.3) is 56.4 Å². The van der Waals surface area contributed by atoms with Crippen molar-refractivity contribution in [3.8, 4) is 67.9 Å². The van der Waals surface area contributed by atoms with E-state index in [0.717, 1.165) is 33.4 Å². The first-order chi connectivity index (χ1) is 22.4. The maximum Gasteiger partial charge on any atom is 0.333 e. The monoisotopic (exact) mass is 605 g/mol. The van der Waals surface area contributed by atoms with Crippen LogP contribution >= 0.6 is 0 Å². The van der Waals surface area contributed by atoms with E-state index in [1.807, 2.05) is 84.9 Å². The molecule has 0 spiro atoms. The number of nitrogens with zero attached hydrogens (tertiary/aromatic N) is 3. The van der Waals surface area contributed by atoms with Crippen molar-refractivity contribution in [2.75, 3.05) is 13.2 Å². The van der Waals surface area contributed by atoms with Gasteiger partial charge in [0.05, 0.1) is 5.56 Å². The molecule has 0 saturated carbocycles. The van der Waals surface area contributed by atoms with Gasteiger partial charge in [-0.15, -0.1) is 0 Å². The van der Waals surface area contributed by atoms with Gasteiger partial charge in [-0.1, -0.05) is 116 Å². The van der Waals surface area contributed by atoms with Crippen LogP contribution in [0, 0.1) is 0 Å². The Bertz CT molecular complexity index is 1870. The fraction of sp³-hybridized carbons (Fsp3) is 0.0769. The van der Waals surface area contributed by atoms with Crippen LogP contribution in [0.1, 0.15) is 6.92 Å². The molecule has 0 atom stereocenters. The van der Waals surface area contributed by atoms with Gasteiger partial charge in [-0.2, -0.15) is 0 Å². The number of aromatic nitrogens is 3. The third-order valence-electron chi connectivity index (χ3n) is 7.28. The quantitative estimate of drug-likeness (QED) is 0.0952. The second kappa shape index (κ2) is 13.7. The average molecular weight is 606 g/mol. The van der Waals surface area contributed by atoms with E-state index in [9.17, 15) is 9.90 Å². The minimum absolute atomic E-state index is 0.0561. The fourth-order valence-electron chi connectivity index (χ4n) is 4.85. The Balaban J connectivity index is 1.32. The maximum absolute atomic E-state index is 11.6. The van der Waals surface area contributed by atoms with E-state index in [1.165, 1.54) is 6.07 Å². The Hall–Kier alpha value is -6.08. The van der Waals surface area contributed by atoms with E-state index in [1.54, 1.807) is 19.1 Å². The molecule has 7 heteroatoms. The van der Waals surface area contributed by atoms with Gasteiger partial charge < -0.3 is 14.6 Å². The summed E-state index contributed by atoms with van der Waals surface area (Å²) in [6.07, 6.45) is 0. The van der Waals surface area contributed by atoms with Crippen LogP contribution < -0.4 is 4.74 Å². The number of phenolic OH excluding ortho intramolecular Hbond substituents is 1. The van der Waals surface area contributed by atoms with Gasteiger partial charge in [0.15, 0.2) is 17.5 Å². The normalized spacial score (nSPS) is 10.7. The van der Waals surface area contributed by atoms with E-state index in [-0.39, 0.29) is 19.0 Å². The van der Waals surface area contributed by atoms with Crippen LogP contribution in [0.5, 0.6) is 11.5 Å². The molecule has 6 aromatic rings. The second-order valence-corrected chi connectivity index (χ2v) is 10.6. The molecule has 6 rings (SSSR count). The van der Waals surface area contributed by atoms with Crippen LogP contribution in [0.15, 0.2) is 140 Å². The Kier molecular flexibility index (Phi) is 8.92. The van der Waals surface area contributed by atoms with Crippen molar-refractivity contribution in [1.29, 1.82) is 0 Å². The van der Waals surface area contributed by atoms with E-state index < -0.39 is 5.97 Å². The van der Waals surface area contributed by atoms with Crippen molar-refractivity contribution >= 4 is 5.97 Å². The third kappa shape index (κ3) is 7.00. The van der Waals surface area contributed by atoms with Gasteiger partial charge in [-0.05, 0) is 41.3 Å². The van der Waals surface area contributed by atoms with Crippen molar-refractivity contribution in [1.82, 2.24) is 15.0 Å². The van der Waals surface area contributed by atoms with E-state index in [0.29, 0.717) is 34.4 Å². The number of hydrogen-bond acceptors (Lipinski definition) is 7. The molecule has 0 radical (unpaired) electrons. The molecule has 0 bridgehead atoms. The Morgan fingerprint density at radius 2 is 1.07 bits per heavy atom.